The summed E-state index contributed by atoms with van der Waals surface area (Å²) in [5.41, 5.74) is 0.534. The van der Waals surface area contributed by atoms with Gasteiger partial charge in [0.2, 0.25) is 0 Å². The fourth-order valence-corrected chi connectivity index (χ4v) is 3.35. The summed E-state index contributed by atoms with van der Waals surface area (Å²) in [7, 11) is 0. The molecule has 2 aliphatic rings. The molecule has 2 amide bonds. The zero-order valence-corrected chi connectivity index (χ0v) is 13.6. The average molecular weight is 348 g/mol. The molecule has 1 aliphatic heterocycles. The van der Waals surface area contributed by atoms with Crippen molar-refractivity contribution in [1.29, 1.82) is 0 Å². The first-order valence-electron chi connectivity index (χ1n) is 7.85. The second kappa shape index (κ2) is 6.65. The van der Waals surface area contributed by atoms with Gasteiger partial charge in [0.05, 0.1) is 5.97 Å². The number of nitrogens with one attached hydrogen (secondary N) is 1. The number of carboxylic acids is 1. The fourth-order valence-electron chi connectivity index (χ4n) is 3.13. The van der Waals surface area contributed by atoms with Crippen LogP contribution in [-0.2, 0) is 9.59 Å². The van der Waals surface area contributed by atoms with E-state index >= 15 is 0 Å². The van der Waals surface area contributed by atoms with Gasteiger partial charge < -0.3 is 15.2 Å². The summed E-state index contributed by atoms with van der Waals surface area (Å²) in [6, 6.07) is 5.58. The van der Waals surface area contributed by atoms with E-state index in [1.165, 1.54) is 29.2 Å². The Kier molecular flexibility index (Phi) is 4.57. The lowest BCUT2D eigenvalue weighted by molar-refractivity contribution is -0.255. The summed E-state index contributed by atoms with van der Waals surface area (Å²) >= 11 is 6.07. The van der Waals surface area contributed by atoms with Crippen LogP contribution < -0.4 is 10.4 Å². The number of anilines is 1. The number of halogens is 1. The topological polar surface area (TPSA) is 89.5 Å². The number of rotatable bonds is 4. The van der Waals surface area contributed by atoms with E-state index in [2.05, 4.69) is 5.32 Å². The van der Waals surface area contributed by atoms with Gasteiger partial charge in [-0.2, -0.15) is 0 Å². The normalized spacial score (nSPS) is 19.1. The SMILES string of the molecule is O=C([O-])c1ccc(NC2=C(Cl)C(=O)N(C3CCCCC3)C2=O)cc1. The van der Waals surface area contributed by atoms with Crippen LogP contribution in [0.1, 0.15) is 42.5 Å². The average Bonchev–Trinajstić information content (AvgIpc) is 2.80. The Hall–Kier alpha value is -2.34. The molecule has 1 fully saturated rings. The highest BCUT2D eigenvalue weighted by atomic mass is 35.5. The van der Waals surface area contributed by atoms with Crippen molar-refractivity contribution in [2.24, 2.45) is 0 Å². The van der Waals surface area contributed by atoms with E-state index in [1.54, 1.807) is 0 Å². The standard InChI is InChI=1S/C17H17ClN2O4/c18-13-14(19-11-8-6-10(7-9-11)17(23)24)16(22)20(15(13)21)12-4-2-1-3-5-12/h6-9,12,19H,1-5H2,(H,23,24)/p-1. The first kappa shape index (κ1) is 16.5. The molecule has 0 saturated heterocycles. The van der Waals surface area contributed by atoms with E-state index in [9.17, 15) is 19.5 Å². The molecule has 0 atom stereocenters. The fraction of sp³-hybridized carbons (Fsp3) is 0.353. The Morgan fingerprint density at radius 2 is 1.71 bits per heavy atom. The number of amides is 2. The molecular weight excluding hydrogens is 332 g/mol. The van der Waals surface area contributed by atoms with Crippen molar-refractivity contribution in [2.45, 2.75) is 38.1 Å². The van der Waals surface area contributed by atoms with Gasteiger partial charge in [-0.05, 0) is 30.5 Å². The number of aromatic carboxylic acids is 1. The van der Waals surface area contributed by atoms with Crippen LogP contribution in [0.15, 0.2) is 35.0 Å². The monoisotopic (exact) mass is 347 g/mol. The summed E-state index contributed by atoms with van der Waals surface area (Å²) in [6.07, 6.45) is 4.70. The number of imide groups is 1. The predicted molar refractivity (Wildman–Crippen MR) is 86.0 cm³/mol. The third-order valence-electron chi connectivity index (χ3n) is 4.39. The van der Waals surface area contributed by atoms with E-state index in [0.29, 0.717) is 5.69 Å². The van der Waals surface area contributed by atoms with E-state index in [1.807, 2.05) is 0 Å². The zero-order chi connectivity index (χ0) is 17.3. The van der Waals surface area contributed by atoms with Crippen molar-refractivity contribution in [3.63, 3.8) is 0 Å². The number of hydrogen-bond donors (Lipinski definition) is 1. The molecule has 0 unspecified atom stereocenters. The molecule has 126 valence electrons. The van der Waals surface area contributed by atoms with Crippen LogP contribution in [0.2, 0.25) is 0 Å². The summed E-state index contributed by atoms with van der Waals surface area (Å²) in [4.78, 5) is 37.0. The number of carboxylic acid groups (broad SMARTS) is 1. The van der Waals surface area contributed by atoms with Crippen LogP contribution in [0.5, 0.6) is 0 Å². The third-order valence-corrected chi connectivity index (χ3v) is 4.74. The Morgan fingerprint density at radius 3 is 2.29 bits per heavy atom. The van der Waals surface area contributed by atoms with Crippen molar-refractivity contribution in [3.8, 4) is 0 Å². The quantitative estimate of drug-likeness (QED) is 0.836. The molecule has 0 spiro atoms. The Balaban J connectivity index is 1.78. The number of nitrogens with zero attached hydrogens (tertiary/aromatic N) is 1. The smallest absolute Gasteiger partial charge is 0.279 e. The molecule has 1 heterocycles. The van der Waals surface area contributed by atoms with E-state index in [0.717, 1.165) is 32.1 Å². The van der Waals surface area contributed by atoms with Crippen LogP contribution in [-0.4, -0.2) is 28.7 Å². The van der Waals surface area contributed by atoms with Crippen LogP contribution in [0.3, 0.4) is 0 Å². The third kappa shape index (κ3) is 3.01. The highest BCUT2D eigenvalue weighted by Crippen LogP contribution is 2.32. The molecule has 1 aromatic carbocycles. The largest absolute Gasteiger partial charge is 0.545 e. The Morgan fingerprint density at radius 1 is 1.08 bits per heavy atom. The lowest BCUT2D eigenvalue weighted by atomic mass is 9.94. The lowest BCUT2D eigenvalue weighted by Gasteiger charge is -2.29. The zero-order valence-electron chi connectivity index (χ0n) is 12.9. The molecule has 1 N–H and O–H groups in total. The maximum atomic E-state index is 12.6. The Labute approximate surface area is 144 Å². The van der Waals surface area contributed by atoms with Gasteiger partial charge in [0.25, 0.3) is 11.8 Å². The lowest BCUT2D eigenvalue weighted by Crippen LogP contribution is -2.42. The minimum Gasteiger partial charge on any atom is -0.545 e. The first-order chi connectivity index (χ1) is 11.5. The van der Waals surface area contributed by atoms with Crippen molar-refractivity contribution in [2.75, 3.05) is 5.32 Å². The van der Waals surface area contributed by atoms with Gasteiger partial charge in [0.1, 0.15) is 10.7 Å². The highest BCUT2D eigenvalue weighted by Gasteiger charge is 2.42. The molecule has 24 heavy (non-hydrogen) atoms. The van der Waals surface area contributed by atoms with Gasteiger partial charge in [-0.15, -0.1) is 0 Å². The number of hydrogen-bond acceptors (Lipinski definition) is 5. The van der Waals surface area contributed by atoms with Gasteiger partial charge in [-0.3, -0.25) is 14.5 Å². The molecule has 1 aromatic rings. The van der Waals surface area contributed by atoms with Gasteiger partial charge in [0.15, 0.2) is 0 Å². The van der Waals surface area contributed by atoms with Gasteiger partial charge >= 0.3 is 0 Å². The van der Waals surface area contributed by atoms with Gasteiger partial charge in [-0.25, -0.2) is 0 Å². The van der Waals surface area contributed by atoms with Gasteiger partial charge in [-0.1, -0.05) is 43.0 Å². The van der Waals surface area contributed by atoms with Crippen molar-refractivity contribution in [3.05, 3.63) is 40.6 Å². The molecule has 6 nitrogen and oxygen atoms in total. The Bertz CT molecular complexity index is 721. The molecular formula is C17H16ClN2O4-. The summed E-state index contributed by atoms with van der Waals surface area (Å²) < 4.78 is 0. The van der Waals surface area contributed by atoms with Crippen LogP contribution in [0.4, 0.5) is 5.69 Å². The maximum absolute atomic E-state index is 12.6. The second-order valence-electron chi connectivity index (χ2n) is 5.95. The predicted octanol–water partition coefficient (Wildman–Crippen LogP) is 1.61. The summed E-state index contributed by atoms with van der Waals surface area (Å²) in [6.45, 7) is 0. The molecule has 1 aliphatic carbocycles. The molecule has 0 radical (unpaired) electrons. The van der Waals surface area contributed by atoms with Crippen molar-refractivity contribution in [1.82, 2.24) is 4.90 Å². The molecule has 7 heteroatoms. The molecule has 0 aromatic heterocycles. The highest BCUT2D eigenvalue weighted by molar-refractivity contribution is 6.48. The van der Waals surface area contributed by atoms with Gasteiger partial charge in [0, 0.05) is 11.7 Å². The minimum absolute atomic E-state index is 0.0262. The van der Waals surface area contributed by atoms with E-state index in [4.69, 9.17) is 11.6 Å². The second-order valence-corrected chi connectivity index (χ2v) is 6.33. The summed E-state index contributed by atoms with van der Waals surface area (Å²) in [5, 5.41) is 13.5. The first-order valence-corrected chi connectivity index (χ1v) is 8.23. The summed E-state index contributed by atoms with van der Waals surface area (Å²) in [5.74, 6) is -2.18. The molecule has 3 rings (SSSR count). The number of benzene rings is 1. The van der Waals surface area contributed by atoms with E-state index in [-0.39, 0.29) is 22.3 Å². The van der Waals surface area contributed by atoms with Crippen LogP contribution >= 0.6 is 11.6 Å². The van der Waals surface area contributed by atoms with Crippen molar-refractivity contribution >= 4 is 35.1 Å². The van der Waals surface area contributed by atoms with Crippen molar-refractivity contribution < 1.29 is 19.5 Å². The maximum Gasteiger partial charge on any atom is 0.279 e. The van der Waals surface area contributed by atoms with E-state index < -0.39 is 17.8 Å². The molecule has 1 saturated carbocycles. The van der Waals surface area contributed by atoms with Crippen LogP contribution in [0.25, 0.3) is 0 Å². The number of carbonyl (C=O) groups is 3. The molecule has 0 bridgehead atoms. The number of carbonyl (C=O) groups excluding carboxylic acids is 3. The van der Waals surface area contributed by atoms with Crippen LogP contribution in [0, 0.1) is 0 Å². The minimum atomic E-state index is -1.28.